The quantitative estimate of drug-likeness (QED) is 0.819. The Kier molecular flexibility index (Phi) is 4.75. The Morgan fingerprint density at radius 3 is 2.30 bits per heavy atom. The Labute approximate surface area is 159 Å². The fourth-order valence-corrected chi connectivity index (χ4v) is 4.80. The minimum Gasteiger partial charge on any atom is -0.336 e. The van der Waals surface area contributed by atoms with E-state index < -0.39 is 10.0 Å². The Morgan fingerprint density at radius 1 is 1.00 bits per heavy atom. The number of amides is 1. The lowest BCUT2D eigenvalue weighted by Gasteiger charge is -2.17. The van der Waals surface area contributed by atoms with Gasteiger partial charge in [0.2, 0.25) is 10.0 Å². The molecule has 0 spiro atoms. The average Bonchev–Trinajstić information content (AvgIpc) is 3.39. The summed E-state index contributed by atoms with van der Waals surface area (Å²) in [6.07, 6.45) is 1.77. The van der Waals surface area contributed by atoms with Gasteiger partial charge in [0.15, 0.2) is 0 Å². The number of hydrogen-bond acceptors (Lipinski definition) is 4. The third-order valence-electron chi connectivity index (χ3n) is 5.19. The van der Waals surface area contributed by atoms with Crippen molar-refractivity contribution in [3.63, 3.8) is 0 Å². The van der Waals surface area contributed by atoms with Crippen LogP contribution in [0.25, 0.3) is 0 Å². The van der Waals surface area contributed by atoms with Gasteiger partial charge in [-0.2, -0.15) is 0 Å². The fraction of sp³-hybridized carbons (Fsp3) is 0.350. The first-order valence-corrected chi connectivity index (χ1v) is 10.6. The first-order chi connectivity index (χ1) is 12.9. The molecule has 1 saturated carbocycles. The molecule has 2 aromatic carbocycles. The SMILES string of the molecule is N[C@@H]1CN(C(=O)c2ccc(S(=O)(=O)NC3CC3)cc2)C[C@H]1c1ccccc1. The highest BCUT2D eigenvalue weighted by molar-refractivity contribution is 7.89. The molecule has 0 bridgehead atoms. The number of carbonyl (C=O) groups excluding carboxylic acids is 1. The third kappa shape index (κ3) is 3.90. The monoisotopic (exact) mass is 385 g/mol. The van der Waals surface area contributed by atoms with E-state index in [1.165, 1.54) is 12.1 Å². The molecule has 1 aliphatic carbocycles. The zero-order valence-corrected chi connectivity index (χ0v) is 15.7. The van der Waals surface area contributed by atoms with Gasteiger partial charge in [0, 0.05) is 36.7 Å². The van der Waals surface area contributed by atoms with Gasteiger partial charge < -0.3 is 10.6 Å². The summed E-state index contributed by atoms with van der Waals surface area (Å²) in [5, 5.41) is 0. The fourth-order valence-electron chi connectivity index (χ4n) is 3.50. The van der Waals surface area contributed by atoms with E-state index in [9.17, 15) is 13.2 Å². The highest BCUT2D eigenvalue weighted by atomic mass is 32.2. The van der Waals surface area contributed by atoms with Crippen LogP contribution in [-0.4, -0.2) is 44.4 Å². The van der Waals surface area contributed by atoms with Crippen molar-refractivity contribution in [2.75, 3.05) is 13.1 Å². The number of nitrogens with zero attached hydrogens (tertiary/aromatic N) is 1. The maximum atomic E-state index is 12.8. The molecule has 2 atom stereocenters. The van der Waals surface area contributed by atoms with Crippen molar-refractivity contribution in [3.05, 3.63) is 65.7 Å². The molecule has 2 aromatic rings. The van der Waals surface area contributed by atoms with Crippen LogP contribution in [0.1, 0.15) is 34.7 Å². The molecule has 0 radical (unpaired) electrons. The Morgan fingerprint density at radius 2 is 1.67 bits per heavy atom. The van der Waals surface area contributed by atoms with Gasteiger partial charge in [-0.3, -0.25) is 4.79 Å². The summed E-state index contributed by atoms with van der Waals surface area (Å²) in [6.45, 7) is 1.05. The van der Waals surface area contributed by atoms with E-state index in [0.29, 0.717) is 18.7 Å². The third-order valence-corrected chi connectivity index (χ3v) is 6.73. The highest BCUT2D eigenvalue weighted by Gasteiger charge is 2.34. The van der Waals surface area contributed by atoms with Crippen LogP contribution in [0.4, 0.5) is 0 Å². The number of carbonyl (C=O) groups is 1. The normalized spacial score (nSPS) is 22.8. The van der Waals surface area contributed by atoms with E-state index in [1.807, 2.05) is 30.3 Å². The van der Waals surface area contributed by atoms with Crippen LogP contribution in [0.3, 0.4) is 0 Å². The second-order valence-electron chi connectivity index (χ2n) is 7.31. The molecule has 2 aliphatic rings. The van der Waals surface area contributed by atoms with Crippen molar-refractivity contribution in [2.45, 2.75) is 35.7 Å². The lowest BCUT2D eigenvalue weighted by atomic mass is 9.95. The van der Waals surface area contributed by atoms with Crippen LogP contribution >= 0.6 is 0 Å². The van der Waals surface area contributed by atoms with Gasteiger partial charge >= 0.3 is 0 Å². The molecule has 27 heavy (non-hydrogen) atoms. The molecule has 1 aliphatic heterocycles. The predicted molar refractivity (Wildman–Crippen MR) is 103 cm³/mol. The number of nitrogens with two attached hydrogens (primary N) is 1. The smallest absolute Gasteiger partial charge is 0.253 e. The molecule has 1 saturated heterocycles. The van der Waals surface area contributed by atoms with Crippen molar-refractivity contribution in [3.8, 4) is 0 Å². The maximum absolute atomic E-state index is 12.8. The molecule has 1 amide bonds. The number of rotatable bonds is 5. The lowest BCUT2D eigenvalue weighted by Crippen LogP contribution is -2.32. The van der Waals surface area contributed by atoms with E-state index >= 15 is 0 Å². The van der Waals surface area contributed by atoms with Crippen molar-refractivity contribution in [2.24, 2.45) is 5.73 Å². The van der Waals surface area contributed by atoms with Crippen LogP contribution in [0.15, 0.2) is 59.5 Å². The van der Waals surface area contributed by atoms with Gasteiger partial charge in [0.05, 0.1) is 4.90 Å². The first kappa shape index (κ1) is 18.2. The van der Waals surface area contributed by atoms with E-state index in [1.54, 1.807) is 17.0 Å². The number of benzene rings is 2. The Bertz CT molecular complexity index is 925. The first-order valence-electron chi connectivity index (χ1n) is 9.16. The topological polar surface area (TPSA) is 92.5 Å². The predicted octanol–water partition coefficient (Wildman–Crippen LogP) is 1.69. The molecule has 6 nitrogen and oxygen atoms in total. The zero-order chi connectivity index (χ0) is 19.0. The number of sulfonamides is 1. The Hall–Kier alpha value is -2.22. The molecule has 3 N–H and O–H groups in total. The summed E-state index contributed by atoms with van der Waals surface area (Å²) in [6, 6.07) is 16.0. The van der Waals surface area contributed by atoms with Crippen LogP contribution in [-0.2, 0) is 10.0 Å². The van der Waals surface area contributed by atoms with Crippen LogP contribution in [0.5, 0.6) is 0 Å². The second-order valence-corrected chi connectivity index (χ2v) is 9.03. The summed E-state index contributed by atoms with van der Waals surface area (Å²) in [5.41, 5.74) is 7.87. The maximum Gasteiger partial charge on any atom is 0.253 e. The van der Waals surface area contributed by atoms with Gasteiger partial charge in [-0.15, -0.1) is 0 Å². The molecular formula is C20H23N3O3S. The molecule has 7 heteroatoms. The number of likely N-dealkylation sites (tertiary alicyclic amines) is 1. The van der Waals surface area contributed by atoms with Crippen LogP contribution in [0.2, 0.25) is 0 Å². The van der Waals surface area contributed by atoms with E-state index in [4.69, 9.17) is 5.73 Å². The van der Waals surface area contributed by atoms with E-state index in [-0.39, 0.29) is 28.8 Å². The summed E-state index contributed by atoms with van der Waals surface area (Å²) < 4.78 is 27.1. The van der Waals surface area contributed by atoms with Gasteiger partial charge in [-0.1, -0.05) is 30.3 Å². The zero-order valence-electron chi connectivity index (χ0n) is 14.9. The van der Waals surface area contributed by atoms with E-state index in [0.717, 1.165) is 18.4 Å². The molecule has 1 heterocycles. The van der Waals surface area contributed by atoms with Crippen molar-refractivity contribution >= 4 is 15.9 Å². The molecule has 2 fully saturated rings. The summed E-state index contributed by atoms with van der Waals surface area (Å²) in [4.78, 5) is 14.8. The van der Waals surface area contributed by atoms with Gasteiger partial charge in [0.1, 0.15) is 0 Å². The molecule has 4 rings (SSSR count). The van der Waals surface area contributed by atoms with Gasteiger partial charge in [-0.25, -0.2) is 13.1 Å². The van der Waals surface area contributed by atoms with Gasteiger partial charge in [0.25, 0.3) is 5.91 Å². The molecular weight excluding hydrogens is 362 g/mol. The minimum atomic E-state index is -3.51. The van der Waals surface area contributed by atoms with E-state index in [2.05, 4.69) is 4.72 Å². The van der Waals surface area contributed by atoms with Crippen LogP contribution in [0, 0.1) is 0 Å². The van der Waals surface area contributed by atoms with Crippen LogP contribution < -0.4 is 10.5 Å². The second kappa shape index (κ2) is 7.07. The standard InChI is InChI=1S/C20H23N3O3S/c21-19-13-23(12-18(19)14-4-2-1-3-5-14)20(24)15-6-10-17(11-7-15)27(25,26)22-16-8-9-16/h1-7,10-11,16,18-19,22H,8-9,12-13,21H2/t18-,19+/m0/s1. The summed E-state index contributed by atoms with van der Waals surface area (Å²) in [5.74, 6) is -0.0134. The molecule has 0 unspecified atom stereocenters. The lowest BCUT2D eigenvalue weighted by molar-refractivity contribution is 0.0789. The number of nitrogens with one attached hydrogen (secondary N) is 1. The summed E-state index contributed by atoms with van der Waals surface area (Å²) >= 11 is 0. The average molecular weight is 385 g/mol. The largest absolute Gasteiger partial charge is 0.336 e. The van der Waals surface area contributed by atoms with Crippen molar-refractivity contribution < 1.29 is 13.2 Å². The van der Waals surface area contributed by atoms with Gasteiger partial charge in [-0.05, 0) is 42.7 Å². The number of hydrogen-bond donors (Lipinski definition) is 2. The molecule has 0 aromatic heterocycles. The molecule has 142 valence electrons. The Balaban J connectivity index is 1.47. The van der Waals surface area contributed by atoms with Crippen molar-refractivity contribution in [1.29, 1.82) is 0 Å². The summed E-state index contributed by atoms with van der Waals surface area (Å²) in [7, 11) is -3.51. The highest BCUT2D eigenvalue weighted by Crippen LogP contribution is 2.28. The van der Waals surface area contributed by atoms with Crippen molar-refractivity contribution in [1.82, 2.24) is 9.62 Å². The minimum absolute atomic E-state index is 0.0531.